The second kappa shape index (κ2) is 7.22. The Hall–Kier alpha value is -4.15. The average Bonchev–Trinajstić information content (AvgIpc) is 2.80. The number of carbonyl (C=O) groups is 2. The molecule has 0 atom stereocenters. The number of carboxylic acid groups (broad SMARTS) is 1. The zero-order valence-electron chi connectivity index (χ0n) is 16.7. The zero-order valence-corrected chi connectivity index (χ0v) is 17.6. The van der Waals surface area contributed by atoms with Crippen LogP contribution in [0.5, 0.6) is 0 Å². The highest BCUT2D eigenvalue weighted by atomic mass is 32.2. The fraction of sp³-hybridized carbons (Fsp3) is 0.0400. The zero-order chi connectivity index (χ0) is 22.6. The van der Waals surface area contributed by atoms with E-state index >= 15 is 0 Å². The molecule has 0 bridgehead atoms. The number of pyridine rings is 1. The van der Waals surface area contributed by atoms with Gasteiger partial charge in [0, 0.05) is 38.9 Å². The van der Waals surface area contributed by atoms with Gasteiger partial charge < -0.3 is 9.67 Å². The van der Waals surface area contributed by atoms with Crippen molar-refractivity contribution in [1.82, 2.24) is 4.57 Å². The lowest BCUT2D eigenvalue weighted by atomic mass is 9.82. The fourth-order valence-corrected chi connectivity index (χ4v) is 5.26. The Kier molecular flexibility index (Phi) is 4.47. The van der Waals surface area contributed by atoms with Gasteiger partial charge in [-0.2, -0.15) is 5.26 Å². The van der Waals surface area contributed by atoms with Gasteiger partial charge in [-0.05, 0) is 29.8 Å². The number of nitriles is 1. The van der Waals surface area contributed by atoms with Gasteiger partial charge in [0.15, 0.2) is 5.78 Å². The number of rotatable bonds is 3. The Balaban J connectivity index is 1.90. The predicted octanol–water partition coefficient (Wildman–Crippen LogP) is 4.47. The van der Waals surface area contributed by atoms with E-state index < -0.39 is 11.5 Å². The van der Waals surface area contributed by atoms with Crippen LogP contribution in [0.4, 0.5) is 0 Å². The summed E-state index contributed by atoms with van der Waals surface area (Å²) in [5.41, 5.74) is 2.00. The highest BCUT2D eigenvalue weighted by Gasteiger charge is 2.32. The maximum Gasteiger partial charge on any atom is 0.336 e. The molecule has 1 N–H and O–H groups in total. The minimum absolute atomic E-state index is 0.0192. The number of aromatic nitrogens is 1. The predicted molar refractivity (Wildman–Crippen MR) is 120 cm³/mol. The average molecular weight is 438 g/mol. The molecule has 154 valence electrons. The van der Waals surface area contributed by atoms with E-state index in [1.807, 2.05) is 6.07 Å². The third-order valence-corrected chi connectivity index (χ3v) is 6.78. The first kappa shape index (κ1) is 19.8. The second-order valence-corrected chi connectivity index (χ2v) is 8.42. The van der Waals surface area contributed by atoms with Gasteiger partial charge >= 0.3 is 5.97 Å². The van der Waals surface area contributed by atoms with Crippen LogP contribution in [0.25, 0.3) is 22.0 Å². The largest absolute Gasteiger partial charge is 0.478 e. The molecule has 0 radical (unpaired) electrons. The standard InChI is InChI=1S/C25H14N2O4S/c1-27-17-10-11-19(32-18-9-5-4-8-15(18)25(30)31)22-21(17)20(16(12-26)24(27)29)13-6-2-3-7-14(13)23(22)28/h2-11H,1H3,(H,30,31). The summed E-state index contributed by atoms with van der Waals surface area (Å²) in [6, 6.07) is 19.0. The maximum atomic E-state index is 13.6. The molecule has 5 rings (SSSR count). The molecule has 0 fully saturated rings. The summed E-state index contributed by atoms with van der Waals surface area (Å²) < 4.78 is 1.38. The SMILES string of the molecule is Cn1c(=O)c(C#N)c2c3c(c(Sc4ccccc4C(=O)O)ccc31)C(=O)c1ccccc1-2. The van der Waals surface area contributed by atoms with E-state index in [0.29, 0.717) is 42.9 Å². The fourth-order valence-electron chi connectivity index (χ4n) is 4.18. The van der Waals surface area contributed by atoms with Crippen molar-refractivity contribution in [1.29, 1.82) is 5.26 Å². The van der Waals surface area contributed by atoms with Crippen LogP contribution in [0.2, 0.25) is 0 Å². The van der Waals surface area contributed by atoms with Crippen LogP contribution in [-0.2, 0) is 7.05 Å². The molecule has 0 spiro atoms. The molecule has 3 aromatic carbocycles. The van der Waals surface area contributed by atoms with Crippen molar-refractivity contribution in [2.24, 2.45) is 7.05 Å². The van der Waals surface area contributed by atoms with Crippen molar-refractivity contribution in [3.05, 3.63) is 93.3 Å². The van der Waals surface area contributed by atoms with Crippen LogP contribution in [0, 0.1) is 11.3 Å². The van der Waals surface area contributed by atoms with Crippen LogP contribution in [0.15, 0.2) is 75.2 Å². The summed E-state index contributed by atoms with van der Waals surface area (Å²) in [5.74, 6) is -1.29. The summed E-state index contributed by atoms with van der Waals surface area (Å²) in [7, 11) is 1.57. The first-order valence-corrected chi connectivity index (χ1v) is 10.5. The van der Waals surface area contributed by atoms with Gasteiger partial charge in [0.1, 0.15) is 11.6 Å². The minimum atomic E-state index is -1.06. The monoisotopic (exact) mass is 438 g/mol. The lowest BCUT2D eigenvalue weighted by Crippen LogP contribution is -2.24. The van der Waals surface area contributed by atoms with Gasteiger partial charge in [-0.15, -0.1) is 0 Å². The van der Waals surface area contributed by atoms with E-state index in [-0.39, 0.29) is 16.9 Å². The van der Waals surface area contributed by atoms with E-state index in [9.17, 15) is 24.8 Å². The number of benzene rings is 3. The summed E-state index contributed by atoms with van der Waals surface area (Å²) in [4.78, 5) is 39.3. The number of carbonyl (C=O) groups excluding carboxylic acids is 1. The number of carboxylic acids is 1. The normalized spacial score (nSPS) is 11.8. The molecule has 0 saturated heterocycles. The lowest BCUT2D eigenvalue weighted by molar-refractivity contribution is 0.0693. The molecule has 6 nitrogen and oxygen atoms in total. The maximum absolute atomic E-state index is 13.6. The molecule has 0 unspecified atom stereocenters. The molecule has 0 amide bonds. The number of ketones is 1. The molecule has 0 aliphatic heterocycles. The molecule has 0 saturated carbocycles. The van der Waals surface area contributed by atoms with Crippen molar-refractivity contribution in [3.8, 4) is 17.2 Å². The third kappa shape index (κ3) is 2.70. The van der Waals surface area contributed by atoms with Gasteiger partial charge in [-0.3, -0.25) is 9.59 Å². The van der Waals surface area contributed by atoms with Crippen molar-refractivity contribution in [2.45, 2.75) is 9.79 Å². The van der Waals surface area contributed by atoms with Gasteiger partial charge in [0.2, 0.25) is 0 Å². The Morgan fingerprint density at radius 2 is 1.62 bits per heavy atom. The quantitative estimate of drug-likeness (QED) is 0.446. The molecule has 1 aromatic heterocycles. The number of nitrogens with zero attached hydrogens (tertiary/aromatic N) is 2. The van der Waals surface area contributed by atoms with E-state index in [0.717, 1.165) is 0 Å². The van der Waals surface area contributed by atoms with Crippen molar-refractivity contribution >= 4 is 34.4 Å². The molecule has 4 aromatic rings. The van der Waals surface area contributed by atoms with Crippen molar-refractivity contribution < 1.29 is 14.7 Å². The molecular weight excluding hydrogens is 424 g/mol. The summed E-state index contributed by atoms with van der Waals surface area (Å²) in [6.07, 6.45) is 0. The van der Waals surface area contributed by atoms with Gasteiger partial charge in [0.25, 0.3) is 5.56 Å². The molecule has 32 heavy (non-hydrogen) atoms. The second-order valence-electron chi connectivity index (χ2n) is 7.34. The molecule has 7 heteroatoms. The van der Waals surface area contributed by atoms with Crippen LogP contribution < -0.4 is 5.56 Å². The number of aromatic carboxylic acids is 1. The van der Waals surface area contributed by atoms with Gasteiger partial charge in [0.05, 0.1) is 11.1 Å². The van der Waals surface area contributed by atoms with E-state index in [2.05, 4.69) is 0 Å². The third-order valence-electron chi connectivity index (χ3n) is 5.64. The van der Waals surface area contributed by atoms with Gasteiger partial charge in [-0.1, -0.05) is 48.2 Å². The number of hydrogen-bond donors (Lipinski definition) is 1. The first-order chi connectivity index (χ1) is 15.4. The number of aryl methyl sites for hydroxylation is 1. The topological polar surface area (TPSA) is 100 Å². The van der Waals surface area contributed by atoms with E-state index in [1.165, 1.54) is 22.4 Å². The van der Waals surface area contributed by atoms with E-state index in [4.69, 9.17) is 0 Å². The molecular formula is C25H14N2O4S. The van der Waals surface area contributed by atoms with Crippen LogP contribution in [-0.4, -0.2) is 21.4 Å². The lowest BCUT2D eigenvalue weighted by Gasteiger charge is -2.24. The number of hydrogen-bond acceptors (Lipinski definition) is 5. The summed E-state index contributed by atoms with van der Waals surface area (Å²) in [5, 5.41) is 19.9. The highest BCUT2D eigenvalue weighted by molar-refractivity contribution is 7.99. The first-order valence-electron chi connectivity index (χ1n) is 9.68. The Morgan fingerprint density at radius 3 is 2.34 bits per heavy atom. The van der Waals surface area contributed by atoms with Gasteiger partial charge in [-0.25, -0.2) is 4.79 Å². The highest BCUT2D eigenvalue weighted by Crippen LogP contribution is 2.45. The minimum Gasteiger partial charge on any atom is -0.478 e. The van der Waals surface area contributed by atoms with E-state index in [1.54, 1.807) is 61.6 Å². The Bertz CT molecular complexity index is 1590. The molecule has 1 aliphatic carbocycles. The van der Waals surface area contributed by atoms with Crippen molar-refractivity contribution in [2.75, 3.05) is 0 Å². The van der Waals surface area contributed by atoms with Crippen LogP contribution >= 0.6 is 11.8 Å². The molecule has 1 heterocycles. The van der Waals surface area contributed by atoms with Crippen LogP contribution in [0.3, 0.4) is 0 Å². The summed E-state index contributed by atoms with van der Waals surface area (Å²) >= 11 is 1.18. The smallest absolute Gasteiger partial charge is 0.336 e. The number of fused-ring (bicyclic) bond motifs is 2. The summed E-state index contributed by atoms with van der Waals surface area (Å²) in [6.45, 7) is 0. The Labute approximate surface area is 186 Å². The molecule has 1 aliphatic rings. The Morgan fingerprint density at radius 1 is 0.938 bits per heavy atom. The van der Waals surface area contributed by atoms with Crippen molar-refractivity contribution in [3.63, 3.8) is 0 Å². The van der Waals surface area contributed by atoms with Crippen LogP contribution in [0.1, 0.15) is 31.8 Å².